The average molecular weight is 706 g/mol. The number of imide groups is 2. The van der Waals surface area contributed by atoms with Crippen molar-refractivity contribution in [2.75, 3.05) is 4.90 Å². The molecule has 2 N–H and O–H groups in total. The summed E-state index contributed by atoms with van der Waals surface area (Å²) in [6.45, 7) is 0.435. The zero-order valence-electron chi connectivity index (χ0n) is 22.3. The first-order valence-corrected chi connectivity index (χ1v) is 14.4. The quantitative estimate of drug-likeness (QED) is 0.146. The summed E-state index contributed by atoms with van der Waals surface area (Å²) in [7, 11) is 0. The monoisotopic (exact) mass is 704 g/mol. The van der Waals surface area contributed by atoms with Crippen molar-refractivity contribution in [3.8, 4) is 11.5 Å². The molecular weight excluding hydrogens is 684 g/mol. The van der Waals surface area contributed by atoms with Gasteiger partial charge in [-0.1, -0.05) is 58.4 Å². The summed E-state index contributed by atoms with van der Waals surface area (Å²) in [5.41, 5.74) is 2.21. The average Bonchev–Trinajstić information content (AvgIpc) is 2.99. The topological polar surface area (TPSA) is 122 Å². The molecule has 4 amide bonds. The second-order valence-electron chi connectivity index (χ2n) is 9.32. The molecule has 1 heterocycles. The number of amides is 4. The molecule has 43 heavy (non-hydrogen) atoms. The molecule has 1 aliphatic heterocycles. The van der Waals surface area contributed by atoms with Crippen LogP contribution in [0.5, 0.6) is 11.5 Å². The Morgan fingerprint density at radius 2 is 1.49 bits per heavy atom. The van der Waals surface area contributed by atoms with Crippen molar-refractivity contribution in [1.29, 1.82) is 0 Å². The molecule has 0 aromatic heterocycles. The zero-order valence-corrected chi connectivity index (χ0v) is 25.4. The highest BCUT2D eigenvalue weighted by molar-refractivity contribution is 9.11. The van der Waals surface area contributed by atoms with Gasteiger partial charge in [0.1, 0.15) is 30.3 Å². The van der Waals surface area contributed by atoms with Crippen LogP contribution in [0.1, 0.15) is 27.0 Å². The van der Waals surface area contributed by atoms with Crippen LogP contribution in [0, 0.1) is 0 Å². The predicted octanol–water partition coefficient (Wildman–Crippen LogP) is 6.73. The molecule has 0 unspecified atom stereocenters. The Morgan fingerprint density at radius 1 is 0.837 bits per heavy atom. The Balaban J connectivity index is 1.38. The van der Waals surface area contributed by atoms with Gasteiger partial charge in [0.05, 0.1) is 15.7 Å². The summed E-state index contributed by atoms with van der Waals surface area (Å²) in [6, 6.07) is 24.8. The number of ether oxygens (including phenoxy) is 2. The minimum Gasteiger partial charge on any atom is -0.489 e. The van der Waals surface area contributed by atoms with Gasteiger partial charge in [0.15, 0.2) is 0 Å². The largest absolute Gasteiger partial charge is 0.489 e. The SMILES string of the molecule is O=C1NC(=O)N(c2ccc(OCc3ccccc3)cc2)C(=O)/C1=C/c1cc(Br)cc(Br)c1OCc1ccc(C(=O)O)cc1. The number of rotatable bonds is 9. The Bertz CT molecular complexity index is 1740. The Hall–Kier alpha value is -4.74. The number of halogens is 2. The van der Waals surface area contributed by atoms with Crippen molar-refractivity contribution < 1.29 is 33.8 Å². The van der Waals surface area contributed by atoms with E-state index in [0.717, 1.165) is 10.5 Å². The van der Waals surface area contributed by atoms with Crippen molar-refractivity contribution in [1.82, 2.24) is 5.32 Å². The molecule has 216 valence electrons. The highest BCUT2D eigenvalue weighted by atomic mass is 79.9. The third kappa shape index (κ3) is 7.02. The molecule has 1 fully saturated rings. The number of hydrogen-bond acceptors (Lipinski definition) is 6. The van der Waals surface area contributed by atoms with Gasteiger partial charge < -0.3 is 14.6 Å². The fourth-order valence-corrected chi connectivity index (χ4v) is 5.59. The molecule has 4 aromatic carbocycles. The molecule has 5 rings (SSSR count). The molecule has 0 aliphatic carbocycles. The lowest BCUT2D eigenvalue weighted by molar-refractivity contribution is -0.122. The molecule has 9 nitrogen and oxygen atoms in total. The molecule has 0 spiro atoms. The zero-order chi connectivity index (χ0) is 30.5. The summed E-state index contributed by atoms with van der Waals surface area (Å²) in [4.78, 5) is 51.1. The lowest BCUT2D eigenvalue weighted by Crippen LogP contribution is -2.54. The Morgan fingerprint density at radius 3 is 2.16 bits per heavy atom. The van der Waals surface area contributed by atoms with Gasteiger partial charge in [-0.2, -0.15) is 0 Å². The van der Waals surface area contributed by atoms with Gasteiger partial charge in [-0.25, -0.2) is 14.5 Å². The van der Waals surface area contributed by atoms with Crippen LogP contribution in [-0.2, 0) is 22.8 Å². The van der Waals surface area contributed by atoms with Gasteiger partial charge in [0, 0.05) is 10.0 Å². The van der Waals surface area contributed by atoms with Gasteiger partial charge in [0.25, 0.3) is 11.8 Å². The second kappa shape index (κ2) is 13.1. The third-order valence-corrected chi connectivity index (χ3v) is 7.41. The summed E-state index contributed by atoms with van der Waals surface area (Å²) >= 11 is 6.89. The summed E-state index contributed by atoms with van der Waals surface area (Å²) < 4.78 is 13.0. The molecule has 0 saturated carbocycles. The predicted molar refractivity (Wildman–Crippen MR) is 166 cm³/mol. The van der Waals surface area contributed by atoms with Gasteiger partial charge in [-0.15, -0.1) is 0 Å². The van der Waals surface area contributed by atoms with Crippen molar-refractivity contribution in [3.05, 3.63) is 128 Å². The molecule has 4 aromatic rings. The number of carboxylic acid groups (broad SMARTS) is 1. The smallest absolute Gasteiger partial charge is 0.335 e. The highest BCUT2D eigenvalue weighted by Crippen LogP contribution is 2.36. The number of barbiturate groups is 1. The molecule has 0 bridgehead atoms. The maximum atomic E-state index is 13.5. The number of nitrogens with one attached hydrogen (secondary N) is 1. The van der Waals surface area contributed by atoms with Gasteiger partial charge >= 0.3 is 12.0 Å². The minimum absolute atomic E-state index is 0.0831. The summed E-state index contributed by atoms with van der Waals surface area (Å²) in [5, 5.41) is 11.3. The summed E-state index contributed by atoms with van der Waals surface area (Å²) in [5.74, 6) is -1.81. The van der Waals surface area contributed by atoms with Crippen LogP contribution >= 0.6 is 31.9 Å². The maximum absolute atomic E-state index is 13.5. The van der Waals surface area contributed by atoms with Crippen LogP contribution in [0.2, 0.25) is 0 Å². The second-order valence-corrected chi connectivity index (χ2v) is 11.1. The van der Waals surface area contributed by atoms with Crippen molar-refractivity contribution in [2.45, 2.75) is 13.2 Å². The van der Waals surface area contributed by atoms with E-state index in [-0.39, 0.29) is 23.4 Å². The van der Waals surface area contributed by atoms with Gasteiger partial charge in [-0.3, -0.25) is 14.9 Å². The lowest BCUT2D eigenvalue weighted by atomic mass is 10.1. The number of carbonyl (C=O) groups is 4. The Labute approximate surface area is 263 Å². The van der Waals surface area contributed by atoms with Crippen LogP contribution in [0.4, 0.5) is 10.5 Å². The van der Waals surface area contributed by atoms with Crippen LogP contribution in [0.15, 0.2) is 106 Å². The third-order valence-electron chi connectivity index (χ3n) is 6.37. The van der Waals surface area contributed by atoms with E-state index in [1.807, 2.05) is 30.3 Å². The van der Waals surface area contributed by atoms with E-state index in [1.54, 1.807) is 48.5 Å². The number of aromatic carboxylic acids is 1. The number of anilines is 1. The minimum atomic E-state index is -1.03. The van der Waals surface area contributed by atoms with Crippen LogP contribution in [-0.4, -0.2) is 28.9 Å². The van der Waals surface area contributed by atoms with E-state index >= 15 is 0 Å². The van der Waals surface area contributed by atoms with Crippen molar-refractivity contribution >= 4 is 67.4 Å². The van der Waals surface area contributed by atoms with E-state index in [1.165, 1.54) is 18.2 Å². The molecule has 0 radical (unpaired) electrons. The number of benzene rings is 4. The van der Waals surface area contributed by atoms with Crippen LogP contribution in [0.3, 0.4) is 0 Å². The first-order chi connectivity index (χ1) is 20.7. The van der Waals surface area contributed by atoms with Gasteiger partial charge in [-0.05, 0) is 81.7 Å². The van der Waals surface area contributed by atoms with Crippen LogP contribution < -0.4 is 19.7 Å². The normalized spacial score (nSPS) is 14.0. The number of carboxylic acids is 1. The first-order valence-electron chi connectivity index (χ1n) is 12.8. The van der Waals surface area contributed by atoms with E-state index in [9.17, 15) is 19.2 Å². The number of nitrogens with zero attached hydrogens (tertiary/aromatic N) is 1. The first kappa shape index (κ1) is 29.7. The molecular formula is C32H22Br2N2O7. The van der Waals surface area contributed by atoms with Gasteiger partial charge in [0.2, 0.25) is 0 Å². The highest BCUT2D eigenvalue weighted by Gasteiger charge is 2.37. The molecule has 1 saturated heterocycles. The van der Waals surface area contributed by atoms with E-state index < -0.39 is 23.8 Å². The summed E-state index contributed by atoms with van der Waals surface area (Å²) in [6.07, 6.45) is 1.35. The molecule has 0 atom stereocenters. The van der Waals surface area contributed by atoms with E-state index in [4.69, 9.17) is 14.6 Å². The van der Waals surface area contributed by atoms with E-state index in [2.05, 4.69) is 37.2 Å². The van der Waals surface area contributed by atoms with E-state index in [0.29, 0.717) is 38.2 Å². The number of urea groups is 1. The fourth-order valence-electron chi connectivity index (χ4n) is 4.22. The Kier molecular flexibility index (Phi) is 9.03. The number of hydrogen-bond donors (Lipinski definition) is 2. The standard InChI is InChI=1S/C32H22Br2N2O7/c33-23-14-22(28(27(34)16-23)43-18-20-6-8-21(9-7-20)31(39)40)15-26-29(37)35-32(41)36(30(26)38)24-10-12-25(13-11-24)42-17-19-4-2-1-3-5-19/h1-16H,17-18H2,(H,39,40)(H,35,37,41)/b26-15+. The van der Waals surface area contributed by atoms with Crippen molar-refractivity contribution in [3.63, 3.8) is 0 Å². The molecule has 11 heteroatoms. The lowest BCUT2D eigenvalue weighted by Gasteiger charge is -2.26. The van der Waals surface area contributed by atoms with Crippen molar-refractivity contribution in [2.24, 2.45) is 0 Å². The molecule has 1 aliphatic rings. The number of carbonyl (C=O) groups excluding carboxylic acids is 3. The fraction of sp³-hybridized carbons (Fsp3) is 0.0625. The van der Waals surface area contributed by atoms with Crippen LogP contribution in [0.25, 0.3) is 6.08 Å². The maximum Gasteiger partial charge on any atom is 0.335 e.